The predicted octanol–water partition coefficient (Wildman–Crippen LogP) is 5.15. The second kappa shape index (κ2) is 8.15. The first kappa shape index (κ1) is 16.8. The summed E-state index contributed by atoms with van der Waals surface area (Å²) in [5.41, 5.74) is 2.51. The van der Waals surface area contributed by atoms with Crippen LogP contribution in [0.1, 0.15) is 30.5 Å². The molecule has 21 heavy (non-hydrogen) atoms. The molecule has 0 aromatic heterocycles. The monoisotopic (exact) mass is 459 g/mol. The van der Waals surface area contributed by atoms with Crippen LogP contribution in [0, 0.1) is 3.57 Å². The van der Waals surface area contributed by atoms with Crippen LogP contribution in [0.25, 0.3) is 0 Å². The topological polar surface area (TPSA) is 21.3 Å². The van der Waals surface area contributed by atoms with Gasteiger partial charge in [-0.2, -0.15) is 0 Å². The average molecular weight is 460 g/mol. The van der Waals surface area contributed by atoms with Gasteiger partial charge in [0.15, 0.2) is 0 Å². The zero-order chi connectivity index (χ0) is 15.2. The molecule has 1 atom stereocenters. The van der Waals surface area contributed by atoms with Crippen LogP contribution in [0.4, 0.5) is 0 Å². The largest absolute Gasteiger partial charge is 0.496 e. The Kier molecular flexibility index (Phi) is 6.51. The van der Waals surface area contributed by atoms with Crippen LogP contribution in [0.5, 0.6) is 5.75 Å². The Morgan fingerprint density at radius 1 is 1.14 bits per heavy atom. The third-order valence-corrected chi connectivity index (χ3v) is 4.65. The molecular formula is C17H19BrINO. The molecule has 0 aliphatic rings. The number of hydrogen-bond donors (Lipinski definition) is 1. The van der Waals surface area contributed by atoms with E-state index in [-0.39, 0.29) is 6.04 Å². The van der Waals surface area contributed by atoms with E-state index in [1.165, 1.54) is 14.7 Å². The number of nitrogens with one attached hydrogen (secondary N) is 1. The smallest absolute Gasteiger partial charge is 0.133 e. The maximum Gasteiger partial charge on any atom is 0.133 e. The van der Waals surface area contributed by atoms with Gasteiger partial charge >= 0.3 is 0 Å². The van der Waals surface area contributed by atoms with Crippen LogP contribution in [-0.2, 0) is 0 Å². The van der Waals surface area contributed by atoms with E-state index < -0.39 is 0 Å². The molecule has 0 spiro atoms. The summed E-state index contributed by atoms with van der Waals surface area (Å²) in [4.78, 5) is 0. The fraction of sp³-hybridized carbons (Fsp3) is 0.294. The van der Waals surface area contributed by atoms with Crippen molar-refractivity contribution >= 4 is 38.5 Å². The minimum Gasteiger partial charge on any atom is -0.496 e. The van der Waals surface area contributed by atoms with Gasteiger partial charge in [0.2, 0.25) is 0 Å². The second-order valence-corrected chi connectivity index (χ2v) is 6.93. The predicted molar refractivity (Wildman–Crippen MR) is 100.0 cm³/mol. The molecule has 0 saturated heterocycles. The molecule has 2 nitrogen and oxygen atoms in total. The Balaban J connectivity index is 2.35. The van der Waals surface area contributed by atoms with Crippen LogP contribution in [0.15, 0.2) is 46.9 Å². The third-order valence-electron chi connectivity index (χ3n) is 3.31. The van der Waals surface area contributed by atoms with Gasteiger partial charge in [0.1, 0.15) is 5.75 Å². The van der Waals surface area contributed by atoms with Gasteiger partial charge in [-0.3, -0.25) is 0 Å². The number of hydrogen-bond acceptors (Lipinski definition) is 2. The Hall–Kier alpha value is -0.590. The van der Waals surface area contributed by atoms with E-state index in [2.05, 4.69) is 87.2 Å². The zero-order valence-corrected chi connectivity index (χ0v) is 15.9. The Morgan fingerprint density at radius 2 is 1.81 bits per heavy atom. The highest BCUT2D eigenvalue weighted by molar-refractivity contribution is 14.1. The van der Waals surface area contributed by atoms with Crippen LogP contribution in [-0.4, -0.2) is 13.7 Å². The summed E-state index contributed by atoms with van der Waals surface area (Å²) in [5.74, 6) is 0.857. The van der Waals surface area contributed by atoms with E-state index >= 15 is 0 Å². The van der Waals surface area contributed by atoms with Gasteiger partial charge < -0.3 is 10.1 Å². The van der Waals surface area contributed by atoms with E-state index in [1.807, 2.05) is 6.07 Å². The number of methoxy groups -OCH3 is 1. The first-order valence-electron chi connectivity index (χ1n) is 6.98. The van der Waals surface area contributed by atoms with Gasteiger partial charge in [-0.25, -0.2) is 0 Å². The summed E-state index contributed by atoms with van der Waals surface area (Å²) in [6.07, 6.45) is 1.11. The third kappa shape index (κ3) is 4.44. The van der Waals surface area contributed by atoms with Crippen LogP contribution < -0.4 is 10.1 Å². The number of halogens is 2. The lowest BCUT2D eigenvalue weighted by atomic mass is 9.98. The van der Waals surface area contributed by atoms with Crippen molar-refractivity contribution in [3.05, 3.63) is 61.6 Å². The van der Waals surface area contributed by atoms with Crippen LogP contribution in [0.2, 0.25) is 0 Å². The first-order valence-corrected chi connectivity index (χ1v) is 8.85. The quantitative estimate of drug-likeness (QED) is 0.603. The molecule has 2 aromatic rings. The summed E-state index contributed by atoms with van der Waals surface area (Å²) in [7, 11) is 1.69. The van der Waals surface area contributed by atoms with E-state index in [0.29, 0.717) is 0 Å². The summed E-state index contributed by atoms with van der Waals surface area (Å²) in [6, 6.07) is 15.1. The van der Waals surface area contributed by atoms with Gasteiger partial charge in [0, 0.05) is 3.57 Å². The first-order chi connectivity index (χ1) is 10.2. The van der Waals surface area contributed by atoms with Crippen LogP contribution in [0.3, 0.4) is 0 Å². The molecular weight excluding hydrogens is 441 g/mol. The molecule has 112 valence electrons. The summed E-state index contributed by atoms with van der Waals surface area (Å²) in [5, 5.41) is 3.62. The van der Waals surface area contributed by atoms with Gasteiger partial charge in [-0.1, -0.05) is 25.1 Å². The Labute approximate surface area is 148 Å². The summed E-state index contributed by atoms with van der Waals surface area (Å²) >= 11 is 5.91. The Bertz CT molecular complexity index is 586. The average Bonchev–Trinajstić information content (AvgIpc) is 2.49. The molecule has 0 bridgehead atoms. The van der Waals surface area contributed by atoms with E-state index in [4.69, 9.17) is 4.74 Å². The van der Waals surface area contributed by atoms with Gasteiger partial charge in [0.05, 0.1) is 17.6 Å². The molecule has 4 heteroatoms. The molecule has 0 aliphatic heterocycles. The lowest BCUT2D eigenvalue weighted by Crippen LogP contribution is -2.23. The second-order valence-electron chi connectivity index (χ2n) is 4.83. The zero-order valence-electron chi connectivity index (χ0n) is 12.2. The Morgan fingerprint density at radius 3 is 2.38 bits per heavy atom. The lowest BCUT2D eigenvalue weighted by Gasteiger charge is -2.20. The van der Waals surface area contributed by atoms with Crippen molar-refractivity contribution < 1.29 is 4.74 Å². The van der Waals surface area contributed by atoms with Crippen molar-refractivity contribution in [3.8, 4) is 5.75 Å². The molecule has 2 aromatic carbocycles. The van der Waals surface area contributed by atoms with Crippen molar-refractivity contribution in [2.75, 3.05) is 13.7 Å². The SMILES string of the molecule is CCCNC(c1ccc(I)cc1)c1ccc(OC)c(Br)c1. The number of benzene rings is 2. The lowest BCUT2D eigenvalue weighted by molar-refractivity contribution is 0.411. The number of rotatable bonds is 6. The normalized spacial score (nSPS) is 12.2. The highest BCUT2D eigenvalue weighted by Gasteiger charge is 2.14. The molecule has 0 heterocycles. The molecule has 1 unspecified atom stereocenters. The maximum atomic E-state index is 5.31. The van der Waals surface area contributed by atoms with Gasteiger partial charge in [0.25, 0.3) is 0 Å². The van der Waals surface area contributed by atoms with Crippen molar-refractivity contribution in [2.45, 2.75) is 19.4 Å². The van der Waals surface area contributed by atoms with Crippen molar-refractivity contribution in [3.63, 3.8) is 0 Å². The van der Waals surface area contributed by atoms with Crippen LogP contribution >= 0.6 is 38.5 Å². The van der Waals surface area contributed by atoms with E-state index in [0.717, 1.165) is 23.2 Å². The summed E-state index contributed by atoms with van der Waals surface area (Å²) < 4.78 is 7.55. The minimum atomic E-state index is 0.198. The highest BCUT2D eigenvalue weighted by Crippen LogP contribution is 2.30. The van der Waals surface area contributed by atoms with Crippen molar-refractivity contribution in [1.29, 1.82) is 0 Å². The van der Waals surface area contributed by atoms with Crippen molar-refractivity contribution in [1.82, 2.24) is 5.32 Å². The fourth-order valence-electron chi connectivity index (χ4n) is 2.23. The molecule has 0 radical (unpaired) electrons. The highest BCUT2D eigenvalue weighted by atomic mass is 127. The molecule has 0 fully saturated rings. The fourth-order valence-corrected chi connectivity index (χ4v) is 3.15. The number of ether oxygens (including phenoxy) is 1. The van der Waals surface area contributed by atoms with Gasteiger partial charge in [-0.05, 0) is 86.9 Å². The van der Waals surface area contributed by atoms with E-state index in [1.54, 1.807) is 7.11 Å². The minimum absolute atomic E-state index is 0.198. The maximum absolute atomic E-state index is 5.31. The molecule has 0 amide bonds. The standard InChI is InChI=1S/C17H19BrINO/c1-3-10-20-17(12-4-7-14(19)8-5-12)13-6-9-16(21-2)15(18)11-13/h4-9,11,17,20H,3,10H2,1-2H3. The van der Waals surface area contributed by atoms with Gasteiger partial charge in [-0.15, -0.1) is 0 Å². The molecule has 0 saturated carbocycles. The molecule has 0 aliphatic carbocycles. The molecule has 1 N–H and O–H groups in total. The molecule has 2 rings (SSSR count). The van der Waals surface area contributed by atoms with E-state index in [9.17, 15) is 0 Å². The summed E-state index contributed by atoms with van der Waals surface area (Å²) in [6.45, 7) is 3.17. The van der Waals surface area contributed by atoms with Crippen molar-refractivity contribution in [2.24, 2.45) is 0 Å².